The number of nitro groups is 1. The monoisotopic (exact) mass is 460 g/mol. The smallest absolute Gasteiger partial charge is 0.269 e. The van der Waals surface area contributed by atoms with Crippen molar-refractivity contribution in [2.24, 2.45) is 0 Å². The first-order chi connectivity index (χ1) is 15.8. The van der Waals surface area contributed by atoms with Gasteiger partial charge in [0, 0.05) is 17.8 Å². The lowest BCUT2D eigenvalue weighted by atomic mass is 10.1. The summed E-state index contributed by atoms with van der Waals surface area (Å²) in [5, 5.41) is 14.4. The van der Waals surface area contributed by atoms with Gasteiger partial charge in [0.2, 0.25) is 5.91 Å². The number of hydrogen-bond donors (Lipinski definition) is 1. The highest BCUT2D eigenvalue weighted by molar-refractivity contribution is 7.99. The van der Waals surface area contributed by atoms with Crippen LogP contribution in [-0.2, 0) is 4.79 Å². The molecule has 0 saturated carbocycles. The number of para-hydroxylation sites is 1. The van der Waals surface area contributed by atoms with Gasteiger partial charge in [-0.05, 0) is 49.7 Å². The summed E-state index contributed by atoms with van der Waals surface area (Å²) < 4.78 is 1.54. The van der Waals surface area contributed by atoms with Crippen molar-refractivity contribution in [2.75, 3.05) is 11.1 Å². The van der Waals surface area contributed by atoms with E-state index >= 15 is 0 Å². The molecule has 0 bridgehead atoms. The Morgan fingerprint density at radius 3 is 2.52 bits per heavy atom. The van der Waals surface area contributed by atoms with Crippen molar-refractivity contribution in [3.8, 4) is 5.69 Å². The highest BCUT2D eigenvalue weighted by atomic mass is 32.2. The van der Waals surface area contributed by atoms with Crippen LogP contribution in [0.5, 0.6) is 0 Å². The van der Waals surface area contributed by atoms with Gasteiger partial charge in [-0.1, -0.05) is 41.6 Å². The van der Waals surface area contributed by atoms with E-state index in [1.807, 2.05) is 38.1 Å². The molecule has 1 N–H and O–H groups in total. The van der Waals surface area contributed by atoms with Gasteiger partial charge < -0.3 is 5.32 Å². The third kappa shape index (κ3) is 4.78. The number of rotatable bonds is 6. The number of nitrogens with zero attached hydrogens (tertiary/aromatic N) is 3. The van der Waals surface area contributed by atoms with Gasteiger partial charge in [0.25, 0.3) is 11.2 Å². The number of aromatic nitrogens is 2. The number of benzene rings is 3. The topological polar surface area (TPSA) is 107 Å². The maximum atomic E-state index is 13.4. The van der Waals surface area contributed by atoms with E-state index in [-0.39, 0.29) is 22.9 Å². The molecule has 0 fully saturated rings. The lowest BCUT2D eigenvalue weighted by Gasteiger charge is -2.15. The Balaban J connectivity index is 1.64. The van der Waals surface area contributed by atoms with Crippen molar-refractivity contribution in [1.82, 2.24) is 9.55 Å². The maximum absolute atomic E-state index is 13.4. The average molecular weight is 461 g/mol. The molecular formula is C24H20N4O4S. The second-order valence-corrected chi connectivity index (χ2v) is 8.43. The molecule has 1 amide bonds. The Hall–Kier alpha value is -3.98. The zero-order valence-electron chi connectivity index (χ0n) is 17.9. The number of carbonyl (C=O) groups excluding carboxylic acids is 1. The normalized spacial score (nSPS) is 10.8. The lowest BCUT2D eigenvalue weighted by molar-refractivity contribution is -0.384. The summed E-state index contributed by atoms with van der Waals surface area (Å²) in [5.41, 5.74) is 3.46. The fourth-order valence-electron chi connectivity index (χ4n) is 3.47. The van der Waals surface area contributed by atoms with Gasteiger partial charge in [-0.2, -0.15) is 0 Å². The highest BCUT2D eigenvalue weighted by Gasteiger charge is 2.16. The van der Waals surface area contributed by atoms with Crippen LogP contribution in [0, 0.1) is 24.0 Å². The summed E-state index contributed by atoms with van der Waals surface area (Å²) in [6, 6.07) is 18.5. The van der Waals surface area contributed by atoms with Crippen LogP contribution < -0.4 is 10.9 Å². The van der Waals surface area contributed by atoms with Gasteiger partial charge in [-0.25, -0.2) is 4.98 Å². The van der Waals surface area contributed by atoms with Gasteiger partial charge in [0.1, 0.15) is 0 Å². The number of nitrogens with one attached hydrogen (secondary N) is 1. The second-order valence-electron chi connectivity index (χ2n) is 7.48. The predicted octanol–water partition coefficient (Wildman–Crippen LogP) is 4.64. The van der Waals surface area contributed by atoms with E-state index in [2.05, 4.69) is 10.3 Å². The molecule has 0 saturated heterocycles. The molecule has 4 aromatic rings. The van der Waals surface area contributed by atoms with Crippen LogP contribution in [0.4, 0.5) is 11.4 Å². The molecule has 33 heavy (non-hydrogen) atoms. The van der Waals surface area contributed by atoms with Gasteiger partial charge in [0.05, 0.1) is 27.3 Å². The number of fused-ring (bicyclic) bond motifs is 1. The molecule has 1 heterocycles. The summed E-state index contributed by atoms with van der Waals surface area (Å²) in [7, 11) is 0. The Bertz CT molecular complexity index is 1430. The standard InChI is InChI=1S/C24H20N4O4S/c1-15-7-12-21(16(2)13-15)27-23(30)19-5-3-4-6-20(19)26-24(27)33-14-22(29)25-17-8-10-18(11-9-17)28(31)32/h3-13H,14H2,1-2H3,(H,25,29). The van der Waals surface area contributed by atoms with Gasteiger partial charge in [-0.15, -0.1) is 0 Å². The molecule has 0 aliphatic rings. The van der Waals surface area contributed by atoms with Crippen molar-refractivity contribution < 1.29 is 9.72 Å². The minimum absolute atomic E-state index is 0.00662. The Morgan fingerprint density at radius 1 is 1.09 bits per heavy atom. The predicted molar refractivity (Wildman–Crippen MR) is 129 cm³/mol. The minimum atomic E-state index is -0.501. The molecule has 9 heteroatoms. The largest absolute Gasteiger partial charge is 0.325 e. The van der Waals surface area contributed by atoms with Crippen LogP contribution in [0.1, 0.15) is 11.1 Å². The molecule has 4 rings (SSSR count). The van der Waals surface area contributed by atoms with Crippen LogP contribution in [0.15, 0.2) is 76.7 Å². The Kier molecular flexibility index (Phi) is 6.23. The van der Waals surface area contributed by atoms with Gasteiger partial charge >= 0.3 is 0 Å². The third-order valence-corrected chi connectivity index (χ3v) is 5.97. The minimum Gasteiger partial charge on any atom is -0.325 e. The molecule has 0 atom stereocenters. The first-order valence-electron chi connectivity index (χ1n) is 10.1. The molecule has 0 spiro atoms. The van der Waals surface area contributed by atoms with E-state index in [1.54, 1.807) is 22.8 Å². The van der Waals surface area contributed by atoms with Crippen molar-refractivity contribution in [2.45, 2.75) is 19.0 Å². The van der Waals surface area contributed by atoms with Crippen molar-refractivity contribution in [3.63, 3.8) is 0 Å². The van der Waals surface area contributed by atoms with Crippen molar-refractivity contribution in [3.05, 3.63) is 98.3 Å². The fourth-order valence-corrected chi connectivity index (χ4v) is 4.28. The van der Waals surface area contributed by atoms with E-state index in [4.69, 9.17) is 0 Å². The summed E-state index contributed by atoms with van der Waals surface area (Å²) in [4.78, 5) is 40.8. The number of non-ortho nitro benzene ring substituents is 1. The molecule has 0 unspecified atom stereocenters. The van der Waals surface area contributed by atoms with E-state index in [0.717, 1.165) is 22.9 Å². The second kappa shape index (κ2) is 9.25. The molecule has 8 nitrogen and oxygen atoms in total. The van der Waals surface area contributed by atoms with Crippen LogP contribution in [0.25, 0.3) is 16.6 Å². The molecule has 3 aromatic carbocycles. The number of thioether (sulfide) groups is 1. The summed E-state index contributed by atoms with van der Waals surface area (Å²) in [5.74, 6) is -0.310. The van der Waals surface area contributed by atoms with Crippen molar-refractivity contribution in [1.29, 1.82) is 0 Å². The quantitative estimate of drug-likeness (QED) is 0.194. The fraction of sp³-hybridized carbons (Fsp3) is 0.125. The van der Waals surface area contributed by atoms with E-state index in [1.165, 1.54) is 24.3 Å². The molecule has 0 aliphatic heterocycles. The number of hydrogen-bond acceptors (Lipinski definition) is 6. The lowest BCUT2D eigenvalue weighted by Crippen LogP contribution is -2.23. The molecule has 166 valence electrons. The van der Waals surface area contributed by atoms with Gasteiger partial charge in [0.15, 0.2) is 5.16 Å². The third-order valence-electron chi connectivity index (χ3n) is 5.03. The number of anilines is 1. The Morgan fingerprint density at radius 2 is 1.82 bits per heavy atom. The molecule has 0 aliphatic carbocycles. The van der Waals surface area contributed by atoms with Crippen LogP contribution >= 0.6 is 11.8 Å². The average Bonchev–Trinajstić information content (AvgIpc) is 2.79. The molecule has 1 aromatic heterocycles. The van der Waals surface area contributed by atoms with Crippen LogP contribution in [-0.4, -0.2) is 26.1 Å². The van der Waals surface area contributed by atoms with Crippen LogP contribution in [0.3, 0.4) is 0 Å². The maximum Gasteiger partial charge on any atom is 0.269 e. The van der Waals surface area contributed by atoms with E-state index < -0.39 is 4.92 Å². The zero-order valence-corrected chi connectivity index (χ0v) is 18.8. The summed E-state index contributed by atoms with van der Waals surface area (Å²) in [6.45, 7) is 3.91. The van der Waals surface area contributed by atoms with E-state index in [9.17, 15) is 19.7 Å². The first-order valence-corrected chi connectivity index (χ1v) is 11.1. The first kappa shape index (κ1) is 22.2. The number of amides is 1. The molecular weight excluding hydrogens is 440 g/mol. The SMILES string of the molecule is Cc1ccc(-n2c(SCC(=O)Nc3ccc([N+](=O)[O-])cc3)nc3ccccc3c2=O)c(C)c1. The zero-order chi connectivity index (χ0) is 23.5. The number of carbonyl (C=O) groups is 1. The molecule has 0 radical (unpaired) electrons. The Labute approximate surface area is 193 Å². The summed E-state index contributed by atoms with van der Waals surface area (Å²) in [6.07, 6.45) is 0. The van der Waals surface area contributed by atoms with E-state index in [0.29, 0.717) is 27.4 Å². The number of nitro benzene ring substituents is 1. The van der Waals surface area contributed by atoms with Crippen molar-refractivity contribution >= 4 is 39.9 Å². The number of aryl methyl sites for hydroxylation is 2. The highest BCUT2D eigenvalue weighted by Crippen LogP contribution is 2.24. The summed E-state index contributed by atoms with van der Waals surface area (Å²) >= 11 is 1.15. The van der Waals surface area contributed by atoms with Gasteiger partial charge in [-0.3, -0.25) is 24.3 Å². The van der Waals surface area contributed by atoms with Crippen LogP contribution in [0.2, 0.25) is 0 Å².